The molecule has 0 saturated heterocycles. The number of rotatable bonds is 3. The summed E-state index contributed by atoms with van der Waals surface area (Å²) in [6, 6.07) is 4.63. The number of amides is 2. The second-order valence-electron chi connectivity index (χ2n) is 4.79. The Morgan fingerprint density at radius 3 is 3.00 bits per heavy atom. The van der Waals surface area contributed by atoms with Crippen LogP contribution in [0, 0.1) is 0 Å². The van der Waals surface area contributed by atoms with E-state index in [-0.39, 0.29) is 11.6 Å². The van der Waals surface area contributed by atoms with Crippen LogP contribution in [0.5, 0.6) is 0 Å². The van der Waals surface area contributed by atoms with Crippen LogP contribution >= 0.6 is 0 Å². The summed E-state index contributed by atoms with van der Waals surface area (Å²) in [6.07, 6.45) is 3.92. The molecular weight excluding hydrogens is 272 g/mol. The van der Waals surface area contributed by atoms with Crippen LogP contribution in [0.25, 0.3) is 0 Å². The summed E-state index contributed by atoms with van der Waals surface area (Å²) in [4.78, 5) is 31.6. The summed E-state index contributed by atoms with van der Waals surface area (Å²) < 4.78 is 0. The Bertz CT molecular complexity index is 682. The molecule has 0 saturated carbocycles. The highest BCUT2D eigenvalue weighted by Crippen LogP contribution is 2.29. The number of carbonyl (C=O) groups is 2. The minimum absolute atomic E-state index is 0.182. The van der Waals surface area contributed by atoms with Crippen molar-refractivity contribution in [3.05, 3.63) is 47.5 Å². The number of benzene rings is 1. The zero-order chi connectivity index (χ0) is 14.8. The summed E-state index contributed by atoms with van der Waals surface area (Å²) >= 11 is 0. The molecule has 0 radical (unpaired) electrons. The number of H-pyrrole nitrogens is 1. The summed E-state index contributed by atoms with van der Waals surface area (Å²) in [5, 5.41) is 11.8. The Hall–Kier alpha value is -2.83. The molecule has 108 valence electrons. The number of hydrogen-bond donors (Lipinski definition) is 3. The van der Waals surface area contributed by atoms with E-state index < -0.39 is 5.97 Å². The maximum Gasteiger partial charge on any atom is 0.335 e. The number of nitrogens with one attached hydrogen (secondary N) is 2. The first-order valence-corrected chi connectivity index (χ1v) is 6.54. The zero-order valence-electron chi connectivity index (χ0n) is 11.2. The van der Waals surface area contributed by atoms with Crippen molar-refractivity contribution in [2.45, 2.75) is 13.0 Å². The molecule has 0 bridgehead atoms. The molecule has 3 rings (SSSR count). The van der Waals surface area contributed by atoms with Gasteiger partial charge in [0, 0.05) is 18.4 Å². The van der Waals surface area contributed by atoms with Gasteiger partial charge in [-0.15, -0.1) is 0 Å². The fourth-order valence-electron chi connectivity index (χ4n) is 2.37. The van der Waals surface area contributed by atoms with Gasteiger partial charge in [-0.3, -0.25) is 4.90 Å². The van der Waals surface area contributed by atoms with Crippen molar-refractivity contribution in [2.75, 3.05) is 11.4 Å². The maximum absolute atomic E-state index is 12.2. The van der Waals surface area contributed by atoms with E-state index in [0.717, 1.165) is 17.7 Å². The minimum atomic E-state index is -0.998. The highest BCUT2D eigenvalue weighted by atomic mass is 16.4. The van der Waals surface area contributed by atoms with Gasteiger partial charge in [0.15, 0.2) is 0 Å². The van der Waals surface area contributed by atoms with Gasteiger partial charge < -0.3 is 15.4 Å². The molecule has 0 spiro atoms. The van der Waals surface area contributed by atoms with E-state index in [4.69, 9.17) is 5.11 Å². The number of aromatic amines is 1. The predicted molar refractivity (Wildman–Crippen MR) is 75.3 cm³/mol. The normalized spacial score (nSPS) is 13.0. The third kappa shape index (κ3) is 2.58. The number of aromatic nitrogens is 2. The average molecular weight is 286 g/mol. The number of hydrogen-bond acceptors (Lipinski definition) is 3. The van der Waals surface area contributed by atoms with Crippen molar-refractivity contribution < 1.29 is 14.7 Å². The van der Waals surface area contributed by atoms with Gasteiger partial charge in [-0.25, -0.2) is 14.6 Å². The van der Waals surface area contributed by atoms with Crippen LogP contribution in [0.4, 0.5) is 10.5 Å². The number of carboxylic acid groups (broad SMARTS) is 1. The number of imidazole rings is 1. The van der Waals surface area contributed by atoms with Crippen molar-refractivity contribution in [1.29, 1.82) is 0 Å². The second-order valence-corrected chi connectivity index (χ2v) is 4.79. The Morgan fingerprint density at radius 1 is 1.43 bits per heavy atom. The first kappa shape index (κ1) is 13.2. The van der Waals surface area contributed by atoms with Crippen LogP contribution in [-0.2, 0) is 13.0 Å². The van der Waals surface area contributed by atoms with Crippen molar-refractivity contribution in [1.82, 2.24) is 15.3 Å². The monoisotopic (exact) mass is 286 g/mol. The van der Waals surface area contributed by atoms with E-state index >= 15 is 0 Å². The first-order valence-electron chi connectivity index (χ1n) is 6.54. The van der Waals surface area contributed by atoms with E-state index in [1.807, 2.05) is 0 Å². The van der Waals surface area contributed by atoms with Crippen LogP contribution in [0.15, 0.2) is 30.7 Å². The van der Waals surface area contributed by atoms with Crippen LogP contribution in [0.1, 0.15) is 21.6 Å². The number of fused-ring (bicyclic) bond motifs is 1. The Morgan fingerprint density at radius 2 is 2.29 bits per heavy atom. The Labute approximate surface area is 120 Å². The summed E-state index contributed by atoms with van der Waals surface area (Å²) in [6.45, 7) is 0.899. The number of aromatic carboxylic acids is 1. The van der Waals surface area contributed by atoms with Crippen molar-refractivity contribution in [3.63, 3.8) is 0 Å². The SMILES string of the molecule is O=C(O)c1ccc2c(c1)N(C(=O)NCc1cnc[nH]1)CC2. The lowest BCUT2D eigenvalue weighted by Gasteiger charge is -2.18. The van der Waals surface area contributed by atoms with Crippen LogP contribution in [0.2, 0.25) is 0 Å². The third-order valence-corrected chi connectivity index (χ3v) is 3.46. The van der Waals surface area contributed by atoms with Crippen molar-refractivity contribution >= 4 is 17.7 Å². The van der Waals surface area contributed by atoms with E-state index in [0.29, 0.717) is 18.8 Å². The van der Waals surface area contributed by atoms with Gasteiger partial charge in [-0.1, -0.05) is 6.07 Å². The lowest BCUT2D eigenvalue weighted by molar-refractivity contribution is 0.0697. The highest BCUT2D eigenvalue weighted by molar-refractivity contribution is 5.96. The largest absolute Gasteiger partial charge is 0.478 e. The van der Waals surface area contributed by atoms with Crippen LogP contribution < -0.4 is 10.2 Å². The molecule has 1 aromatic heterocycles. The summed E-state index contributed by atoms with van der Waals surface area (Å²) in [7, 11) is 0. The molecule has 2 amide bonds. The molecule has 3 N–H and O–H groups in total. The van der Waals surface area contributed by atoms with Crippen molar-refractivity contribution in [2.24, 2.45) is 0 Å². The van der Waals surface area contributed by atoms with Gasteiger partial charge in [0.1, 0.15) is 0 Å². The molecule has 1 aromatic carbocycles. The zero-order valence-corrected chi connectivity index (χ0v) is 11.2. The molecule has 0 aliphatic carbocycles. The predicted octanol–water partition coefficient (Wildman–Crippen LogP) is 1.38. The quantitative estimate of drug-likeness (QED) is 0.793. The highest BCUT2D eigenvalue weighted by Gasteiger charge is 2.25. The molecule has 0 fully saturated rings. The van der Waals surface area contributed by atoms with Gasteiger partial charge in [0.05, 0.1) is 24.1 Å². The van der Waals surface area contributed by atoms with Crippen LogP contribution in [-0.4, -0.2) is 33.6 Å². The molecular formula is C14H14N4O3. The smallest absolute Gasteiger partial charge is 0.335 e. The molecule has 21 heavy (non-hydrogen) atoms. The maximum atomic E-state index is 12.2. The first-order chi connectivity index (χ1) is 10.1. The minimum Gasteiger partial charge on any atom is -0.478 e. The van der Waals surface area contributed by atoms with Crippen molar-refractivity contribution in [3.8, 4) is 0 Å². The fraction of sp³-hybridized carbons (Fsp3) is 0.214. The number of carbonyl (C=O) groups excluding carboxylic acids is 1. The molecule has 7 heteroatoms. The Balaban J connectivity index is 1.75. The molecule has 7 nitrogen and oxygen atoms in total. The fourth-order valence-corrected chi connectivity index (χ4v) is 2.37. The summed E-state index contributed by atoms with van der Waals surface area (Å²) in [5.41, 5.74) is 2.64. The van der Waals surface area contributed by atoms with E-state index in [9.17, 15) is 9.59 Å². The molecule has 2 aromatic rings. The Kier molecular flexibility index (Phi) is 3.31. The number of urea groups is 1. The van der Waals surface area contributed by atoms with E-state index in [2.05, 4.69) is 15.3 Å². The van der Waals surface area contributed by atoms with E-state index in [1.165, 1.54) is 0 Å². The van der Waals surface area contributed by atoms with Gasteiger partial charge in [0.25, 0.3) is 0 Å². The number of nitrogens with zero attached hydrogens (tertiary/aromatic N) is 2. The molecule has 1 aliphatic rings. The van der Waals surface area contributed by atoms with E-state index in [1.54, 1.807) is 35.6 Å². The lowest BCUT2D eigenvalue weighted by atomic mass is 10.1. The van der Waals surface area contributed by atoms with Gasteiger partial charge in [0.2, 0.25) is 0 Å². The second kappa shape index (κ2) is 5.28. The molecule has 0 atom stereocenters. The van der Waals surface area contributed by atoms with Gasteiger partial charge in [-0.2, -0.15) is 0 Å². The standard InChI is InChI=1S/C14H14N4O3/c19-13(20)10-2-1-9-3-4-18(12(9)5-10)14(21)16-7-11-6-15-8-17-11/h1-2,5-6,8H,3-4,7H2,(H,15,17)(H,16,21)(H,19,20). The molecule has 0 unspecified atom stereocenters. The lowest BCUT2D eigenvalue weighted by Crippen LogP contribution is -2.38. The summed E-state index contributed by atoms with van der Waals surface area (Å²) in [5.74, 6) is -0.998. The van der Waals surface area contributed by atoms with Gasteiger partial charge >= 0.3 is 12.0 Å². The van der Waals surface area contributed by atoms with Gasteiger partial charge in [-0.05, 0) is 24.1 Å². The number of anilines is 1. The molecule has 1 aliphatic heterocycles. The topological polar surface area (TPSA) is 98.3 Å². The number of carboxylic acids is 1. The molecule has 2 heterocycles. The van der Waals surface area contributed by atoms with Crippen LogP contribution in [0.3, 0.4) is 0 Å². The third-order valence-electron chi connectivity index (χ3n) is 3.46. The average Bonchev–Trinajstić information content (AvgIpc) is 3.13.